The third kappa shape index (κ3) is 5.64. The quantitative estimate of drug-likeness (QED) is 0.570. The van der Waals surface area contributed by atoms with E-state index < -0.39 is 5.82 Å². The van der Waals surface area contributed by atoms with Crippen molar-refractivity contribution in [3.8, 4) is 17.2 Å². The van der Waals surface area contributed by atoms with Crippen LogP contribution in [0.3, 0.4) is 0 Å². The highest BCUT2D eigenvalue weighted by Gasteiger charge is 2.10. The second-order valence-electron chi connectivity index (χ2n) is 6.35. The van der Waals surface area contributed by atoms with Crippen molar-refractivity contribution in [1.82, 2.24) is 15.5 Å². The lowest BCUT2D eigenvalue weighted by atomic mass is 10.1. The van der Waals surface area contributed by atoms with Gasteiger partial charge in [0.25, 0.3) is 0 Å². The van der Waals surface area contributed by atoms with Gasteiger partial charge in [0.15, 0.2) is 11.6 Å². The van der Waals surface area contributed by atoms with Crippen LogP contribution >= 0.6 is 0 Å². The second kappa shape index (κ2) is 9.64. The highest BCUT2D eigenvalue weighted by atomic mass is 19.1. The molecule has 0 bridgehead atoms. The zero-order chi connectivity index (χ0) is 19.8. The van der Waals surface area contributed by atoms with Gasteiger partial charge in [-0.25, -0.2) is 4.39 Å². The predicted molar refractivity (Wildman–Crippen MR) is 102 cm³/mol. The van der Waals surface area contributed by atoms with Gasteiger partial charge in [-0.2, -0.15) is 0 Å². The topological polar surface area (TPSA) is 77.2 Å². The van der Waals surface area contributed by atoms with Gasteiger partial charge in [0, 0.05) is 24.9 Å². The van der Waals surface area contributed by atoms with E-state index in [1.54, 1.807) is 18.2 Å². The predicted octanol–water partition coefficient (Wildman–Crippen LogP) is 3.70. The fourth-order valence-corrected chi connectivity index (χ4v) is 2.52. The highest BCUT2D eigenvalue weighted by molar-refractivity contribution is 5.75. The summed E-state index contributed by atoms with van der Waals surface area (Å²) in [4.78, 5) is 11.9. The number of carbonyl (C=O) groups excluding carboxylic acids is 1. The number of ether oxygens (including phenoxy) is 1. The maximum Gasteiger partial charge on any atom is 0.247 e. The molecule has 0 aliphatic heterocycles. The lowest BCUT2D eigenvalue weighted by Crippen LogP contribution is -2.25. The maximum atomic E-state index is 13.4. The van der Waals surface area contributed by atoms with E-state index in [1.807, 2.05) is 31.2 Å². The number of halogens is 1. The molecule has 28 heavy (non-hydrogen) atoms. The fourth-order valence-electron chi connectivity index (χ4n) is 2.52. The number of carbonyl (C=O) groups is 1. The summed E-state index contributed by atoms with van der Waals surface area (Å²) in [6.07, 6.45) is 1.21. The molecular formula is C21H22FN3O3. The van der Waals surface area contributed by atoms with Crippen LogP contribution in [0, 0.1) is 12.7 Å². The Hall–Kier alpha value is -3.22. The number of hydrogen-bond acceptors (Lipinski definition) is 5. The molecule has 1 N–H and O–H groups in total. The molecule has 2 aromatic carbocycles. The van der Waals surface area contributed by atoms with Crippen LogP contribution in [0.1, 0.15) is 24.3 Å². The molecule has 0 saturated heterocycles. The standard InChI is InChI=1S/C21H22FN3O3/c1-15-7-9-16(10-8-15)21-25-24-20(28-21)12-11-19(26)23-13-4-14-27-18-6-3-2-5-17(18)22/h2-3,5-10H,4,11-14H2,1H3,(H,23,26). The third-order valence-corrected chi connectivity index (χ3v) is 4.07. The van der Waals surface area contributed by atoms with Crippen molar-refractivity contribution in [3.05, 3.63) is 65.8 Å². The zero-order valence-electron chi connectivity index (χ0n) is 15.7. The molecule has 0 atom stereocenters. The Balaban J connectivity index is 1.34. The first-order chi connectivity index (χ1) is 13.6. The smallest absolute Gasteiger partial charge is 0.247 e. The van der Waals surface area contributed by atoms with E-state index in [9.17, 15) is 9.18 Å². The SMILES string of the molecule is Cc1ccc(-c2nnc(CCC(=O)NCCCOc3ccccc3F)o2)cc1. The van der Waals surface area contributed by atoms with Crippen LogP contribution in [0.15, 0.2) is 52.9 Å². The van der Waals surface area contributed by atoms with Gasteiger partial charge in [-0.15, -0.1) is 10.2 Å². The molecule has 1 amide bonds. The Morgan fingerprint density at radius 3 is 2.71 bits per heavy atom. The van der Waals surface area contributed by atoms with Crippen LogP contribution in [0.5, 0.6) is 5.75 Å². The van der Waals surface area contributed by atoms with E-state index in [-0.39, 0.29) is 18.1 Å². The molecule has 0 radical (unpaired) electrons. The molecule has 3 aromatic rings. The monoisotopic (exact) mass is 383 g/mol. The number of rotatable bonds is 9. The first kappa shape index (κ1) is 19.5. The van der Waals surface area contributed by atoms with Crippen molar-refractivity contribution >= 4 is 5.91 Å². The van der Waals surface area contributed by atoms with Gasteiger partial charge < -0.3 is 14.5 Å². The van der Waals surface area contributed by atoms with Crippen molar-refractivity contribution in [1.29, 1.82) is 0 Å². The molecule has 7 heteroatoms. The minimum Gasteiger partial charge on any atom is -0.490 e. The van der Waals surface area contributed by atoms with Gasteiger partial charge in [-0.3, -0.25) is 4.79 Å². The van der Waals surface area contributed by atoms with Crippen LogP contribution in [0.4, 0.5) is 4.39 Å². The zero-order valence-corrected chi connectivity index (χ0v) is 15.7. The van der Waals surface area contributed by atoms with E-state index in [4.69, 9.17) is 9.15 Å². The Morgan fingerprint density at radius 2 is 1.93 bits per heavy atom. The Bertz CT molecular complexity index is 909. The summed E-state index contributed by atoms with van der Waals surface area (Å²) in [5.74, 6) is 0.584. The van der Waals surface area contributed by atoms with E-state index in [1.165, 1.54) is 6.07 Å². The summed E-state index contributed by atoms with van der Waals surface area (Å²) in [5.41, 5.74) is 2.00. The summed E-state index contributed by atoms with van der Waals surface area (Å²) >= 11 is 0. The van der Waals surface area contributed by atoms with Crippen LogP contribution in [0.2, 0.25) is 0 Å². The Labute approximate surface area is 162 Å². The van der Waals surface area contributed by atoms with Crippen molar-refractivity contribution in [3.63, 3.8) is 0 Å². The van der Waals surface area contributed by atoms with Crippen LogP contribution < -0.4 is 10.1 Å². The molecule has 0 saturated carbocycles. The van der Waals surface area contributed by atoms with Gasteiger partial charge in [0.2, 0.25) is 17.7 Å². The average molecular weight is 383 g/mol. The van der Waals surface area contributed by atoms with E-state index in [2.05, 4.69) is 15.5 Å². The average Bonchev–Trinajstić information content (AvgIpc) is 3.17. The molecule has 0 unspecified atom stereocenters. The van der Waals surface area contributed by atoms with Gasteiger partial charge in [0.1, 0.15) is 0 Å². The Morgan fingerprint density at radius 1 is 1.14 bits per heavy atom. The minimum absolute atomic E-state index is 0.110. The molecule has 1 aromatic heterocycles. The lowest BCUT2D eigenvalue weighted by Gasteiger charge is -2.07. The molecule has 1 heterocycles. The van der Waals surface area contributed by atoms with E-state index in [0.717, 1.165) is 11.1 Å². The van der Waals surface area contributed by atoms with Crippen molar-refractivity contribution in [2.45, 2.75) is 26.2 Å². The number of benzene rings is 2. The maximum absolute atomic E-state index is 13.4. The van der Waals surface area contributed by atoms with Crippen molar-refractivity contribution in [2.24, 2.45) is 0 Å². The normalized spacial score (nSPS) is 10.6. The van der Waals surface area contributed by atoms with Gasteiger partial charge in [-0.1, -0.05) is 29.8 Å². The number of nitrogens with one attached hydrogen (secondary N) is 1. The number of para-hydroxylation sites is 1. The molecule has 3 rings (SSSR count). The van der Waals surface area contributed by atoms with E-state index >= 15 is 0 Å². The van der Waals surface area contributed by atoms with Crippen LogP contribution in [-0.4, -0.2) is 29.3 Å². The second-order valence-corrected chi connectivity index (χ2v) is 6.35. The Kier molecular flexibility index (Phi) is 6.73. The van der Waals surface area contributed by atoms with E-state index in [0.29, 0.717) is 37.8 Å². The van der Waals surface area contributed by atoms with Crippen molar-refractivity contribution in [2.75, 3.05) is 13.2 Å². The van der Waals surface area contributed by atoms with Crippen molar-refractivity contribution < 1.29 is 18.3 Å². The summed E-state index contributed by atoms with van der Waals surface area (Å²) in [6, 6.07) is 14.0. The highest BCUT2D eigenvalue weighted by Crippen LogP contribution is 2.18. The third-order valence-electron chi connectivity index (χ3n) is 4.07. The van der Waals surface area contributed by atoms with Gasteiger partial charge >= 0.3 is 0 Å². The summed E-state index contributed by atoms with van der Waals surface area (Å²) in [6.45, 7) is 2.78. The largest absolute Gasteiger partial charge is 0.490 e. The first-order valence-electron chi connectivity index (χ1n) is 9.15. The van der Waals surface area contributed by atoms with Gasteiger partial charge in [-0.05, 0) is 37.6 Å². The molecule has 0 aliphatic rings. The number of aromatic nitrogens is 2. The molecule has 6 nitrogen and oxygen atoms in total. The first-order valence-corrected chi connectivity index (χ1v) is 9.15. The van der Waals surface area contributed by atoms with Gasteiger partial charge in [0.05, 0.1) is 6.61 Å². The number of amides is 1. The number of nitrogens with zero attached hydrogens (tertiary/aromatic N) is 2. The minimum atomic E-state index is -0.393. The molecular weight excluding hydrogens is 361 g/mol. The summed E-state index contributed by atoms with van der Waals surface area (Å²) in [5, 5.41) is 10.8. The van der Waals surface area contributed by atoms with Crippen LogP contribution in [0.25, 0.3) is 11.5 Å². The number of hydrogen-bond donors (Lipinski definition) is 1. The molecule has 146 valence electrons. The molecule has 0 aliphatic carbocycles. The number of aryl methyl sites for hydroxylation is 2. The van der Waals surface area contributed by atoms with Crippen LogP contribution in [-0.2, 0) is 11.2 Å². The summed E-state index contributed by atoms with van der Waals surface area (Å²) in [7, 11) is 0. The molecule has 0 fully saturated rings. The fraction of sp³-hybridized carbons (Fsp3) is 0.286. The lowest BCUT2D eigenvalue weighted by molar-refractivity contribution is -0.121. The summed E-state index contributed by atoms with van der Waals surface area (Å²) < 4.78 is 24.3. The molecule has 0 spiro atoms.